The van der Waals surface area contributed by atoms with Crippen LogP contribution in [0.1, 0.15) is 22.3 Å². The number of carbonyl (C=O) groups excluding carboxylic acids is 1. The molecule has 3 rings (SSSR count). The van der Waals surface area contributed by atoms with E-state index in [0.29, 0.717) is 48.2 Å². The van der Waals surface area contributed by atoms with Gasteiger partial charge < -0.3 is 9.64 Å². The Hall–Kier alpha value is -2.18. The van der Waals surface area contributed by atoms with Crippen molar-refractivity contribution < 1.29 is 13.9 Å². The lowest BCUT2D eigenvalue weighted by Gasteiger charge is -2.22. The highest BCUT2D eigenvalue weighted by molar-refractivity contribution is 6.30. The fourth-order valence-electron chi connectivity index (χ4n) is 3.05. The van der Waals surface area contributed by atoms with Crippen LogP contribution in [0, 0.1) is 5.82 Å². The summed E-state index contributed by atoms with van der Waals surface area (Å²) in [5, 5.41) is 0.528. The third-order valence-electron chi connectivity index (χ3n) is 4.47. The molecule has 0 bridgehead atoms. The Morgan fingerprint density at radius 1 is 1.23 bits per heavy atom. The van der Waals surface area contributed by atoms with Gasteiger partial charge in [-0.2, -0.15) is 0 Å². The van der Waals surface area contributed by atoms with E-state index in [0.717, 1.165) is 13.0 Å². The molecule has 2 aromatic rings. The van der Waals surface area contributed by atoms with Gasteiger partial charge in [0.05, 0.1) is 12.7 Å². The van der Waals surface area contributed by atoms with Crippen LogP contribution in [0.2, 0.25) is 5.02 Å². The Morgan fingerprint density at radius 2 is 2.08 bits per heavy atom. The molecule has 2 heterocycles. The first-order valence-electron chi connectivity index (χ1n) is 8.52. The van der Waals surface area contributed by atoms with Crippen LogP contribution in [-0.4, -0.2) is 54.0 Å². The minimum atomic E-state index is -0.254. The maximum Gasteiger partial charge on any atom is 0.255 e. The van der Waals surface area contributed by atoms with E-state index in [9.17, 15) is 9.18 Å². The first kappa shape index (κ1) is 18.6. The van der Waals surface area contributed by atoms with E-state index in [2.05, 4.69) is 9.88 Å². The van der Waals surface area contributed by atoms with Crippen LogP contribution >= 0.6 is 11.6 Å². The van der Waals surface area contributed by atoms with Gasteiger partial charge in [0.15, 0.2) is 0 Å². The van der Waals surface area contributed by atoms with Crippen molar-refractivity contribution in [2.24, 2.45) is 0 Å². The highest BCUT2D eigenvalue weighted by Crippen LogP contribution is 2.18. The average Bonchev–Trinajstić information content (AvgIpc) is 2.90. The molecule has 1 aromatic heterocycles. The number of ether oxygens (including phenoxy) is 1. The highest BCUT2D eigenvalue weighted by atomic mass is 35.5. The number of hydrogen-bond acceptors (Lipinski definition) is 4. The Bertz CT molecular complexity index is 770. The van der Waals surface area contributed by atoms with Crippen molar-refractivity contribution in [2.45, 2.75) is 13.0 Å². The Labute approximate surface area is 157 Å². The SMILES string of the molecule is COc1ccc(C(=O)N2CCCN(Cc3cc(Cl)ccc3F)CC2)cn1. The van der Waals surface area contributed by atoms with Crippen molar-refractivity contribution >= 4 is 17.5 Å². The number of amides is 1. The van der Waals surface area contributed by atoms with E-state index in [4.69, 9.17) is 16.3 Å². The van der Waals surface area contributed by atoms with Crippen molar-refractivity contribution in [3.8, 4) is 5.88 Å². The van der Waals surface area contributed by atoms with Crippen molar-refractivity contribution in [3.63, 3.8) is 0 Å². The number of aromatic nitrogens is 1. The van der Waals surface area contributed by atoms with E-state index >= 15 is 0 Å². The molecule has 7 heteroatoms. The maximum absolute atomic E-state index is 13.9. The molecular weight excluding hydrogens is 357 g/mol. The first-order valence-corrected chi connectivity index (χ1v) is 8.90. The zero-order valence-corrected chi connectivity index (χ0v) is 15.4. The quantitative estimate of drug-likeness (QED) is 0.820. The zero-order valence-electron chi connectivity index (χ0n) is 14.6. The lowest BCUT2D eigenvalue weighted by Crippen LogP contribution is -2.35. The standard InChI is InChI=1S/C19H21ClFN3O2/c1-26-18-6-3-14(12-22-18)19(25)24-8-2-7-23(9-10-24)13-15-11-16(20)4-5-17(15)21/h3-6,11-12H,2,7-10,13H2,1H3. The van der Waals surface area contributed by atoms with Crippen LogP contribution in [0.15, 0.2) is 36.5 Å². The van der Waals surface area contributed by atoms with Crippen LogP contribution in [0.4, 0.5) is 4.39 Å². The summed E-state index contributed by atoms with van der Waals surface area (Å²) in [6.45, 7) is 3.23. The van der Waals surface area contributed by atoms with E-state index in [1.54, 1.807) is 24.3 Å². The van der Waals surface area contributed by atoms with Gasteiger partial charge in [0.25, 0.3) is 5.91 Å². The van der Waals surface area contributed by atoms with E-state index in [1.165, 1.54) is 19.4 Å². The topological polar surface area (TPSA) is 45.7 Å². The van der Waals surface area contributed by atoms with Crippen molar-refractivity contribution in [2.75, 3.05) is 33.3 Å². The molecule has 0 radical (unpaired) electrons. The monoisotopic (exact) mass is 377 g/mol. The number of methoxy groups -OCH3 is 1. The van der Waals surface area contributed by atoms with Crippen molar-refractivity contribution in [1.82, 2.24) is 14.8 Å². The molecule has 26 heavy (non-hydrogen) atoms. The summed E-state index contributed by atoms with van der Waals surface area (Å²) in [5.41, 5.74) is 1.12. The second kappa shape index (κ2) is 8.47. The smallest absolute Gasteiger partial charge is 0.255 e. The minimum Gasteiger partial charge on any atom is -0.481 e. The van der Waals surface area contributed by atoms with Gasteiger partial charge in [0, 0.05) is 55.6 Å². The summed E-state index contributed by atoms with van der Waals surface area (Å²) in [6, 6.07) is 8.00. The summed E-state index contributed by atoms with van der Waals surface area (Å²) in [4.78, 5) is 20.7. The number of carbonyl (C=O) groups is 1. The van der Waals surface area contributed by atoms with Gasteiger partial charge >= 0.3 is 0 Å². The van der Waals surface area contributed by atoms with Crippen LogP contribution in [0.5, 0.6) is 5.88 Å². The van der Waals surface area contributed by atoms with Gasteiger partial charge in [-0.05, 0) is 30.7 Å². The lowest BCUT2D eigenvalue weighted by atomic mass is 10.2. The summed E-state index contributed by atoms with van der Waals surface area (Å²) >= 11 is 5.97. The Kier molecular flexibility index (Phi) is 6.06. The predicted molar refractivity (Wildman–Crippen MR) is 98.0 cm³/mol. The normalized spacial score (nSPS) is 15.6. The summed E-state index contributed by atoms with van der Waals surface area (Å²) < 4.78 is 19.0. The molecule has 1 fully saturated rings. The third kappa shape index (κ3) is 4.51. The van der Waals surface area contributed by atoms with Gasteiger partial charge in [-0.1, -0.05) is 11.6 Å². The number of rotatable bonds is 4. The number of benzene rings is 1. The highest BCUT2D eigenvalue weighted by Gasteiger charge is 2.21. The van der Waals surface area contributed by atoms with E-state index in [1.807, 2.05) is 4.90 Å². The molecular formula is C19H21ClFN3O2. The first-order chi connectivity index (χ1) is 12.6. The minimum absolute atomic E-state index is 0.0454. The second-order valence-electron chi connectivity index (χ2n) is 6.25. The number of halogens is 2. The van der Waals surface area contributed by atoms with Gasteiger partial charge in [0.2, 0.25) is 5.88 Å². The van der Waals surface area contributed by atoms with Crippen LogP contribution in [-0.2, 0) is 6.54 Å². The average molecular weight is 378 g/mol. The number of nitrogens with zero attached hydrogens (tertiary/aromatic N) is 3. The maximum atomic E-state index is 13.9. The molecule has 0 atom stereocenters. The molecule has 1 saturated heterocycles. The molecule has 138 valence electrons. The largest absolute Gasteiger partial charge is 0.481 e. The second-order valence-corrected chi connectivity index (χ2v) is 6.68. The number of hydrogen-bond donors (Lipinski definition) is 0. The Balaban J connectivity index is 1.62. The van der Waals surface area contributed by atoms with Gasteiger partial charge in [-0.15, -0.1) is 0 Å². The Morgan fingerprint density at radius 3 is 2.81 bits per heavy atom. The van der Waals surface area contributed by atoms with Crippen molar-refractivity contribution in [3.05, 3.63) is 58.5 Å². The van der Waals surface area contributed by atoms with Gasteiger partial charge in [-0.25, -0.2) is 9.37 Å². The number of pyridine rings is 1. The summed E-state index contributed by atoms with van der Waals surface area (Å²) in [5.74, 6) is 0.180. The fourth-order valence-corrected chi connectivity index (χ4v) is 3.24. The molecule has 1 amide bonds. The van der Waals surface area contributed by atoms with Crippen LogP contribution in [0.3, 0.4) is 0 Å². The molecule has 5 nitrogen and oxygen atoms in total. The summed E-state index contributed by atoms with van der Waals surface area (Å²) in [6.07, 6.45) is 2.36. The molecule has 0 spiro atoms. The van der Waals surface area contributed by atoms with Gasteiger partial charge in [-0.3, -0.25) is 9.69 Å². The summed E-state index contributed by atoms with van der Waals surface area (Å²) in [7, 11) is 1.54. The van der Waals surface area contributed by atoms with Crippen molar-refractivity contribution in [1.29, 1.82) is 0 Å². The predicted octanol–water partition coefficient (Wildman–Crippen LogP) is 3.23. The molecule has 0 unspecified atom stereocenters. The molecule has 1 aromatic carbocycles. The van der Waals surface area contributed by atoms with Crippen LogP contribution in [0.25, 0.3) is 0 Å². The molecule has 0 saturated carbocycles. The molecule has 0 aliphatic carbocycles. The third-order valence-corrected chi connectivity index (χ3v) is 4.70. The zero-order chi connectivity index (χ0) is 18.5. The van der Waals surface area contributed by atoms with Gasteiger partial charge in [0.1, 0.15) is 5.82 Å². The van der Waals surface area contributed by atoms with Crippen LogP contribution < -0.4 is 4.74 Å². The molecule has 1 aliphatic rings. The fraction of sp³-hybridized carbons (Fsp3) is 0.368. The molecule has 1 aliphatic heterocycles. The lowest BCUT2D eigenvalue weighted by molar-refractivity contribution is 0.0760. The van der Waals surface area contributed by atoms with E-state index < -0.39 is 0 Å². The molecule has 0 N–H and O–H groups in total. The van der Waals surface area contributed by atoms with E-state index in [-0.39, 0.29) is 11.7 Å².